The molecule has 3 aromatic carbocycles. The Balaban J connectivity index is 0.00000456. The summed E-state index contributed by atoms with van der Waals surface area (Å²) in [7, 11) is 1.10. The zero-order valence-corrected chi connectivity index (χ0v) is 25.0. The number of likely N-dealkylation sites (N-methyl/N-ethyl adjacent to an activating group) is 1. The zero-order valence-electron chi connectivity index (χ0n) is 22.2. The molecule has 0 saturated heterocycles. The topological polar surface area (TPSA) is 61.8 Å². The van der Waals surface area contributed by atoms with Crippen LogP contribution in [-0.4, -0.2) is 32.1 Å². The Hall–Kier alpha value is -1.98. The fourth-order valence-corrected chi connectivity index (χ4v) is 4.24. The van der Waals surface area contributed by atoms with Crippen molar-refractivity contribution in [2.45, 2.75) is 33.1 Å². The number of ether oxygens (including phenoxy) is 1. The second kappa shape index (κ2) is 14.7. The van der Waals surface area contributed by atoms with E-state index in [2.05, 4.69) is 62.1 Å². The van der Waals surface area contributed by atoms with Crippen LogP contribution in [0.25, 0.3) is 11.1 Å². The minimum absolute atomic E-state index is 0. The Morgan fingerprint density at radius 2 is 1.36 bits per heavy atom. The maximum atomic E-state index is 11.0. The van der Waals surface area contributed by atoms with Gasteiger partial charge in [0, 0.05) is 6.54 Å². The summed E-state index contributed by atoms with van der Waals surface area (Å²) in [6.07, 6.45) is 0.835. The van der Waals surface area contributed by atoms with Crippen molar-refractivity contribution in [1.82, 2.24) is 4.90 Å². The van der Waals surface area contributed by atoms with Gasteiger partial charge in [-0.05, 0) is 88.7 Å². The maximum Gasteiger partial charge on any atom is 1.00 e. The van der Waals surface area contributed by atoms with E-state index in [0.717, 1.165) is 35.4 Å². The van der Waals surface area contributed by atoms with E-state index in [9.17, 15) is 9.46 Å². The van der Waals surface area contributed by atoms with Gasteiger partial charge in [-0.1, -0.05) is 69.3 Å². The largest absolute Gasteiger partial charge is 1.00 e. The first kappa shape index (κ1) is 30.2. The van der Waals surface area contributed by atoms with Crippen LogP contribution in [0.15, 0.2) is 72.8 Å². The molecule has 0 amide bonds. The molecule has 184 valence electrons. The van der Waals surface area contributed by atoms with Crippen LogP contribution in [0.2, 0.25) is 0 Å². The van der Waals surface area contributed by atoms with E-state index in [1.807, 2.05) is 38.4 Å². The van der Waals surface area contributed by atoms with Gasteiger partial charge in [-0.15, -0.1) is 0 Å². The Morgan fingerprint density at radius 3 is 1.81 bits per heavy atom. The molecular formula is C29H34NNaO4P+. The van der Waals surface area contributed by atoms with Crippen LogP contribution >= 0.6 is 8.25 Å². The van der Waals surface area contributed by atoms with Gasteiger partial charge in [0.2, 0.25) is 0 Å². The van der Waals surface area contributed by atoms with Crippen LogP contribution in [0.1, 0.15) is 55.4 Å². The van der Waals surface area contributed by atoms with Crippen molar-refractivity contribution in [1.29, 1.82) is 0 Å². The summed E-state index contributed by atoms with van der Waals surface area (Å²) < 4.78 is 21.7. The first-order chi connectivity index (χ1) is 16.8. The number of rotatable bonds is 11. The van der Waals surface area contributed by atoms with E-state index >= 15 is 0 Å². The Labute approximate surface area is 238 Å². The predicted octanol–water partition coefficient (Wildman–Crippen LogP) is 3.52. The number of nitrogens with zero attached hydrogens (tertiary/aromatic N) is 1. The third kappa shape index (κ3) is 8.55. The van der Waals surface area contributed by atoms with Crippen LogP contribution < -0.4 is 43.7 Å². The van der Waals surface area contributed by atoms with Crippen LogP contribution in [0.4, 0.5) is 0 Å². The van der Waals surface area contributed by atoms with E-state index in [1.165, 1.54) is 16.7 Å². The summed E-state index contributed by atoms with van der Waals surface area (Å²) in [6, 6.07) is 24.1. The summed E-state index contributed by atoms with van der Waals surface area (Å²) in [5.74, 6) is 1.60. The quantitative estimate of drug-likeness (QED) is 0.223. The van der Waals surface area contributed by atoms with Gasteiger partial charge in [-0.3, -0.25) is 4.52 Å². The van der Waals surface area contributed by atoms with Gasteiger partial charge < -0.3 is 14.5 Å². The average molecular weight is 515 g/mol. The molecule has 3 aromatic rings. The van der Waals surface area contributed by atoms with E-state index in [0.29, 0.717) is 18.3 Å². The first-order valence-electron chi connectivity index (χ1n) is 11.9. The molecule has 0 fully saturated rings. The van der Waals surface area contributed by atoms with Crippen molar-refractivity contribution >= 4 is 19.4 Å². The molecule has 5 nitrogen and oxygen atoms in total. The van der Waals surface area contributed by atoms with Gasteiger partial charge in [0.05, 0.1) is 0 Å². The molecule has 0 aliphatic carbocycles. The Morgan fingerprint density at radius 1 is 0.861 bits per heavy atom. The minimum Gasteiger partial charge on any atom is -0.558 e. The van der Waals surface area contributed by atoms with Gasteiger partial charge in [-0.2, -0.15) is 0 Å². The molecule has 0 aliphatic rings. The SMILES string of the molecule is CC/C(=C(\c1ccc(OCCN(C)C)cc1)c1ccc(O[P+](=O)[O-])cc1)c1ccc(C(C)C)cc1.[Na+]. The first-order valence-corrected chi connectivity index (χ1v) is 13.0. The molecule has 3 rings (SSSR count). The van der Waals surface area contributed by atoms with Crippen molar-refractivity contribution in [3.05, 3.63) is 95.1 Å². The van der Waals surface area contributed by atoms with Gasteiger partial charge >= 0.3 is 37.8 Å². The Kier molecular flexibility index (Phi) is 12.3. The zero-order chi connectivity index (χ0) is 25.4. The number of hydrogen-bond acceptors (Lipinski definition) is 5. The molecule has 0 aromatic heterocycles. The minimum atomic E-state index is -2.95. The molecule has 0 saturated carbocycles. The number of benzene rings is 3. The molecule has 36 heavy (non-hydrogen) atoms. The van der Waals surface area contributed by atoms with Crippen molar-refractivity contribution in [3.8, 4) is 11.5 Å². The summed E-state index contributed by atoms with van der Waals surface area (Å²) >= 11 is 0. The van der Waals surface area contributed by atoms with E-state index in [1.54, 1.807) is 12.1 Å². The van der Waals surface area contributed by atoms with Crippen molar-refractivity contribution in [2.75, 3.05) is 27.2 Å². The molecule has 0 heterocycles. The van der Waals surface area contributed by atoms with Crippen LogP contribution in [-0.2, 0) is 4.57 Å². The molecule has 0 aliphatic heterocycles. The van der Waals surface area contributed by atoms with Crippen LogP contribution in [0, 0.1) is 0 Å². The average Bonchev–Trinajstić information content (AvgIpc) is 2.83. The number of allylic oxidation sites excluding steroid dienone is 1. The normalized spacial score (nSPS) is 12.2. The Bertz CT molecular complexity index is 1140. The third-order valence-corrected chi connectivity index (χ3v) is 6.21. The third-order valence-electron chi connectivity index (χ3n) is 5.85. The molecule has 0 bridgehead atoms. The second-order valence-electron chi connectivity index (χ2n) is 9.00. The molecule has 0 radical (unpaired) electrons. The summed E-state index contributed by atoms with van der Waals surface area (Å²) in [5, 5.41) is 0. The smallest absolute Gasteiger partial charge is 0.558 e. The standard InChI is InChI=1S/C29H34NO4P.Na/c1-6-28(23-9-7-22(8-10-23)21(2)3)29(25-13-17-27(18-14-25)34-35(31)32)24-11-15-26(16-12-24)33-20-19-30(4)5;/h7-18,21H,6,19-20H2,1-5H3;/q;+1/b29-28-;. The van der Waals surface area contributed by atoms with Crippen molar-refractivity contribution in [3.63, 3.8) is 0 Å². The van der Waals surface area contributed by atoms with Crippen LogP contribution in [0.5, 0.6) is 11.5 Å². The van der Waals surface area contributed by atoms with Crippen LogP contribution in [0.3, 0.4) is 0 Å². The van der Waals surface area contributed by atoms with E-state index in [-0.39, 0.29) is 29.6 Å². The van der Waals surface area contributed by atoms with Gasteiger partial charge in [0.15, 0.2) is 5.75 Å². The summed E-state index contributed by atoms with van der Waals surface area (Å²) in [6.45, 7) is 8.02. The summed E-state index contributed by atoms with van der Waals surface area (Å²) in [5.41, 5.74) is 6.84. The van der Waals surface area contributed by atoms with E-state index < -0.39 is 8.25 Å². The fraction of sp³-hybridized carbons (Fsp3) is 0.310. The molecule has 1 atom stereocenters. The monoisotopic (exact) mass is 514 g/mol. The predicted molar refractivity (Wildman–Crippen MR) is 142 cm³/mol. The molecule has 7 heteroatoms. The summed E-state index contributed by atoms with van der Waals surface area (Å²) in [4.78, 5) is 13.0. The molecular weight excluding hydrogens is 480 g/mol. The van der Waals surface area contributed by atoms with Gasteiger partial charge in [0.1, 0.15) is 12.4 Å². The second-order valence-corrected chi connectivity index (χ2v) is 9.63. The van der Waals surface area contributed by atoms with Gasteiger partial charge in [0.25, 0.3) is 0 Å². The number of hydrogen-bond donors (Lipinski definition) is 0. The molecule has 1 unspecified atom stereocenters. The van der Waals surface area contributed by atoms with E-state index in [4.69, 9.17) is 9.26 Å². The molecule has 0 N–H and O–H groups in total. The fourth-order valence-electron chi connectivity index (χ4n) is 3.94. The van der Waals surface area contributed by atoms with Gasteiger partial charge in [-0.25, -0.2) is 0 Å². The molecule has 0 spiro atoms. The maximum absolute atomic E-state index is 11.0. The van der Waals surface area contributed by atoms with Crippen molar-refractivity contribution < 1.29 is 48.3 Å². The van der Waals surface area contributed by atoms with Crippen molar-refractivity contribution in [2.24, 2.45) is 0 Å².